The Morgan fingerprint density at radius 3 is 2.27 bits per heavy atom. The fraction of sp³-hybridized carbons (Fsp3) is 0.941. The van der Waals surface area contributed by atoms with E-state index < -0.39 is 0 Å². The standard InChI is InChI=1S/C17H33N3O.HI/c1-5-18-16(19-13-14-7-6-8-14)20-11-9-15(10-12-20)21-17(2,3)4;/h14-15H,5-13H2,1-4H3,(H,18,19);1H. The number of likely N-dealkylation sites (tertiary alicyclic amines) is 1. The Kier molecular flexibility index (Phi) is 8.46. The molecular weight excluding hydrogens is 389 g/mol. The molecule has 4 nitrogen and oxygen atoms in total. The number of piperidine rings is 1. The van der Waals surface area contributed by atoms with Gasteiger partial charge in [-0.3, -0.25) is 4.99 Å². The number of nitrogens with zero attached hydrogens (tertiary/aromatic N) is 2. The Bertz CT molecular complexity index is 342. The van der Waals surface area contributed by atoms with E-state index in [4.69, 9.17) is 9.73 Å². The van der Waals surface area contributed by atoms with E-state index in [1.807, 2.05) is 0 Å². The van der Waals surface area contributed by atoms with Crippen LogP contribution in [0.15, 0.2) is 4.99 Å². The molecule has 0 unspecified atom stereocenters. The lowest BCUT2D eigenvalue weighted by atomic mass is 9.86. The lowest BCUT2D eigenvalue weighted by Gasteiger charge is -2.37. The van der Waals surface area contributed by atoms with E-state index >= 15 is 0 Å². The molecule has 0 bridgehead atoms. The van der Waals surface area contributed by atoms with E-state index in [1.54, 1.807) is 0 Å². The summed E-state index contributed by atoms with van der Waals surface area (Å²) in [5.41, 5.74) is -0.0321. The molecule has 1 N–H and O–H groups in total. The fourth-order valence-corrected chi connectivity index (χ4v) is 3.00. The molecule has 2 rings (SSSR count). The second-order valence-corrected chi connectivity index (χ2v) is 7.41. The SMILES string of the molecule is CCNC(=NCC1CCC1)N1CCC(OC(C)(C)C)CC1.I. The van der Waals surface area contributed by atoms with Crippen molar-refractivity contribution in [1.82, 2.24) is 10.2 Å². The molecule has 2 aliphatic rings. The molecular formula is C17H34IN3O. The molecule has 1 aliphatic carbocycles. The molecule has 0 aromatic carbocycles. The Labute approximate surface area is 153 Å². The summed E-state index contributed by atoms with van der Waals surface area (Å²) >= 11 is 0. The number of guanidine groups is 1. The van der Waals surface area contributed by atoms with E-state index in [9.17, 15) is 0 Å². The van der Waals surface area contributed by atoms with Crippen LogP contribution >= 0.6 is 24.0 Å². The molecule has 1 heterocycles. The van der Waals surface area contributed by atoms with Crippen LogP contribution in [0.3, 0.4) is 0 Å². The van der Waals surface area contributed by atoms with Gasteiger partial charge in [0.2, 0.25) is 0 Å². The molecule has 1 saturated carbocycles. The highest BCUT2D eigenvalue weighted by Gasteiger charge is 2.26. The van der Waals surface area contributed by atoms with Gasteiger partial charge in [0.25, 0.3) is 0 Å². The van der Waals surface area contributed by atoms with Gasteiger partial charge in [0.05, 0.1) is 11.7 Å². The first-order valence-corrected chi connectivity index (χ1v) is 8.69. The van der Waals surface area contributed by atoms with E-state index in [0.717, 1.165) is 50.9 Å². The maximum Gasteiger partial charge on any atom is 0.193 e. The van der Waals surface area contributed by atoms with Crippen LogP contribution in [0.1, 0.15) is 59.8 Å². The van der Waals surface area contributed by atoms with Gasteiger partial charge in [-0.15, -0.1) is 24.0 Å². The summed E-state index contributed by atoms with van der Waals surface area (Å²) < 4.78 is 6.10. The third-order valence-electron chi connectivity index (χ3n) is 4.32. The van der Waals surface area contributed by atoms with Crippen LogP contribution in [0.4, 0.5) is 0 Å². The van der Waals surface area contributed by atoms with Crippen LogP contribution in [-0.4, -0.2) is 48.7 Å². The van der Waals surface area contributed by atoms with Crippen molar-refractivity contribution in [3.05, 3.63) is 0 Å². The minimum Gasteiger partial charge on any atom is -0.372 e. The maximum atomic E-state index is 6.10. The topological polar surface area (TPSA) is 36.9 Å². The highest BCUT2D eigenvalue weighted by Crippen LogP contribution is 2.26. The number of ether oxygens (including phenoxy) is 1. The zero-order valence-corrected chi connectivity index (χ0v) is 17.1. The van der Waals surface area contributed by atoms with Gasteiger partial charge < -0.3 is 15.0 Å². The lowest BCUT2D eigenvalue weighted by molar-refractivity contribution is -0.0772. The number of nitrogens with one attached hydrogen (secondary N) is 1. The van der Waals surface area contributed by atoms with Crippen molar-refractivity contribution in [1.29, 1.82) is 0 Å². The summed E-state index contributed by atoms with van der Waals surface area (Å²) in [4.78, 5) is 7.26. The predicted molar refractivity (Wildman–Crippen MR) is 104 cm³/mol. The minimum atomic E-state index is -0.0321. The summed E-state index contributed by atoms with van der Waals surface area (Å²) in [6.45, 7) is 12.6. The molecule has 1 saturated heterocycles. The van der Waals surface area contributed by atoms with Gasteiger partial charge in [-0.1, -0.05) is 6.42 Å². The molecule has 22 heavy (non-hydrogen) atoms. The largest absolute Gasteiger partial charge is 0.372 e. The van der Waals surface area contributed by atoms with E-state index in [2.05, 4.69) is 37.9 Å². The molecule has 130 valence electrons. The first kappa shape index (κ1) is 20.0. The molecule has 1 aliphatic heterocycles. The average molecular weight is 423 g/mol. The Balaban J connectivity index is 0.00000242. The number of hydrogen-bond donors (Lipinski definition) is 1. The van der Waals surface area contributed by atoms with E-state index in [1.165, 1.54) is 19.3 Å². The fourth-order valence-electron chi connectivity index (χ4n) is 3.00. The number of rotatable bonds is 4. The normalized spacial score (nSPS) is 21.3. The second-order valence-electron chi connectivity index (χ2n) is 7.41. The van der Waals surface area contributed by atoms with Crippen molar-refractivity contribution in [3.8, 4) is 0 Å². The quantitative estimate of drug-likeness (QED) is 0.426. The zero-order valence-electron chi connectivity index (χ0n) is 14.7. The van der Waals surface area contributed by atoms with Crippen molar-refractivity contribution in [3.63, 3.8) is 0 Å². The molecule has 2 fully saturated rings. The minimum absolute atomic E-state index is 0. The van der Waals surface area contributed by atoms with Gasteiger partial charge in [-0.05, 0) is 59.3 Å². The molecule has 5 heteroatoms. The van der Waals surface area contributed by atoms with Gasteiger partial charge >= 0.3 is 0 Å². The maximum absolute atomic E-state index is 6.10. The van der Waals surface area contributed by atoms with Crippen molar-refractivity contribution in [2.24, 2.45) is 10.9 Å². The Morgan fingerprint density at radius 2 is 1.82 bits per heavy atom. The van der Waals surface area contributed by atoms with Crippen LogP contribution < -0.4 is 5.32 Å². The lowest BCUT2D eigenvalue weighted by Crippen LogP contribution is -2.48. The third-order valence-corrected chi connectivity index (χ3v) is 4.32. The van der Waals surface area contributed by atoms with Crippen molar-refractivity contribution >= 4 is 29.9 Å². The molecule has 0 aromatic heterocycles. The monoisotopic (exact) mass is 423 g/mol. The van der Waals surface area contributed by atoms with Crippen molar-refractivity contribution in [2.45, 2.75) is 71.5 Å². The number of hydrogen-bond acceptors (Lipinski definition) is 2. The molecule has 0 atom stereocenters. The molecule has 0 spiro atoms. The number of halogens is 1. The summed E-state index contributed by atoms with van der Waals surface area (Å²) in [6.07, 6.45) is 6.73. The van der Waals surface area contributed by atoms with Gasteiger partial charge in [0.1, 0.15) is 0 Å². The Morgan fingerprint density at radius 1 is 1.18 bits per heavy atom. The van der Waals surface area contributed by atoms with Crippen LogP contribution in [0, 0.1) is 5.92 Å². The smallest absolute Gasteiger partial charge is 0.193 e. The van der Waals surface area contributed by atoms with E-state index in [-0.39, 0.29) is 29.6 Å². The van der Waals surface area contributed by atoms with Crippen molar-refractivity contribution < 1.29 is 4.74 Å². The van der Waals surface area contributed by atoms with Crippen LogP contribution in [0.5, 0.6) is 0 Å². The summed E-state index contributed by atoms with van der Waals surface area (Å²) in [6, 6.07) is 0. The third kappa shape index (κ3) is 6.60. The average Bonchev–Trinajstić information content (AvgIpc) is 2.35. The zero-order chi connectivity index (χ0) is 15.3. The first-order valence-electron chi connectivity index (χ1n) is 8.69. The summed E-state index contributed by atoms with van der Waals surface area (Å²) in [5, 5.41) is 3.45. The van der Waals surface area contributed by atoms with Gasteiger partial charge in [0, 0.05) is 26.2 Å². The predicted octanol–water partition coefficient (Wildman–Crippen LogP) is 3.65. The Hall–Kier alpha value is -0.0400. The van der Waals surface area contributed by atoms with Crippen LogP contribution in [0.25, 0.3) is 0 Å². The van der Waals surface area contributed by atoms with Crippen LogP contribution in [-0.2, 0) is 4.74 Å². The summed E-state index contributed by atoms with van der Waals surface area (Å²) in [7, 11) is 0. The number of aliphatic imine (C=N–C) groups is 1. The van der Waals surface area contributed by atoms with Crippen LogP contribution in [0.2, 0.25) is 0 Å². The highest BCUT2D eigenvalue weighted by atomic mass is 127. The van der Waals surface area contributed by atoms with E-state index in [0.29, 0.717) is 6.10 Å². The summed E-state index contributed by atoms with van der Waals surface area (Å²) in [5.74, 6) is 1.94. The first-order chi connectivity index (χ1) is 9.98. The van der Waals surface area contributed by atoms with Gasteiger partial charge in [-0.2, -0.15) is 0 Å². The second kappa shape index (κ2) is 9.30. The molecule has 0 aromatic rings. The van der Waals surface area contributed by atoms with Gasteiger partial charge in [0.15, 0.2) is 5.96 Å². The molecule has 0 amide bonds. The molecule has 0 radical (unpaired) electrons. The van der Waals surface area contributed by atoms with Gasteiger partial charge in [-0.25, -0.2) is 0 Å². The highest BCUT2D eigenvalue weighted by molar-refractivity contribution is 14.0. The van der Waals surface area contributed by atoms with Crippen molar-refractivity contribution in [2.75, 3.05) is 26.2 Å².